The standard InChI is InChI=1S/C23H29N5O3/c1-6-17-7-9-18(10-8-17)31-13-21(30)26-25-20(29)12-11-19-14(2)22-16(4)27-28(5)23(22)24-15(19)3/h7-10H,6,11-13H2,1-5H3,(H,25,29)(H,26,30). The lowest BCUT2D eigenvalue weighted by Gasteiger charge is -2.12. The molecule has 31 heavy (non-hydrogen) atoms. The maximum atomic E-state index is 12.2. The van der Waals surface area contributed by atoms with Gasteiger partial charge in [-0.3, -0.25) is 25.1 Å². The molecule has 3 rings (SSSR count). The highest BCUT2D eigenvalue weighted by atomic mass is 16.5. The van der Waals surface area contributed by atoms with Crippen LogP contribution >= 0.6 is 0 Å². The number of aromatic nitrogens is 3. The summed E-state index contributed by atoms with van der Waals surface area (Å²) in [5.41, 5.74) is 10.8. The van der Waals surface area contributed by atoms with Crippen LogP contribution in [0.1, 0.15) is 41.4 Å². The van der Waals surface area contributed by atoms with Gasteiger partial charge in [0.25, 0.3) is 5.91 Å². The highest BCUT2D eigenvalue weighted by Gasteiger charge is 2.16. The van der Waals surface area contributed by atoms with Gasteiger partial charge in [-0.05, 0) is 62.4 Å². The van der Waals surface area contributed by atoms with Gasteiger partial charge in [-0.25, -0.2) is 4.98 Å². The van der Waals surface area contributed by atoms with Gasteiger partial charge in [0.05, 0.1) is 5.69 Å². The van der Waals surface area contributed by atoms with E-state index in [4.69, 9.17) is 4.74 Å². The molecule has 2 aromatic heterocycles. The Balaban J connectivity index is 1.50. The van der Waals surface area contributed by atoms with Gasteiger partial charge in [0, 0.05) is 24.5 Å². The third-order valence-corrected chi connectivity index (χ3v) is 5.37. The van der Waals surface area contributed by atoms with Crippen LogP contribution in [-0.4, -0.2) is 33.2 Å². The van der Waals surface area contributed by atoms with Crippen molar-refractivity contribution in [1.82, 2.24) is 25.6 Å². The summed E-state index contributed by atoms with van der Waals surface area (Å²) in [6, 6.07) is 7.56. The van der Waals surface area contributed by atoms with Crippen molar-refractivity contribution in [2.45, 2.75) is 47.0 Å². The largest absolute Gasteiger partial charge is 0.484 e. The van der Waals surface area contributed by atoms with E-state index in [0.29, 0.717) is 12.2 Å². The lowest BCUT2D eigenvalue weighted by atomic mass is 9.99. The Morgan fingerprint density at radius 3 is 2.39 bits per heavy atom. The van der Waals surface area contributed by atoms with Crippen molar-refractivity contribution in [2.24, 2.45) is 7.05 Å². The molecular formula is C23H29N5O3. The van der Waals surface area contributed by atoms with Gasteiger partial charge in [0.1, 0.15) is 5.75 Å². The van der Waals surface area contributed by atoms with Gasteiger partial charge in [-0.15, -0.1) is 0 Å². The SMILES string of the molecule is CCc1ccc(OCC(=O)NNC(=O)CCc2c(C)nc3c(c(C)nn3C)c2C)cc1. The molecule has 0 spiro atoms. The molecule has 0 bridgehead atoms. The maximum Gasteiger partial charge on any atom is 0.276 e. The van der Waals surface area contributed by atoms with Crippen LogP contribution in [0, 0.1) is 20.8 Å². The molecule has 164 valence electrons. The van der Waals surface area contributed by atoms with Crippen molar-refractivity contribution in [3.63, 3.8) is 0 Å². The smallest absolute Gasteiger partial charge is 0.276 e. The first-order valence-electron chi connectivity index (χ1n) is 10.4. The number of amides is 2. The molecule has 0 atom stereocenters. The van der Waals surface area contributed by atoms with Crippen molar-refractivity contribution >= 4 is 22.8 Å². The van der Waals surface area contributed by atoms with Crippen molar-refractivity contribution in [3.05, 3.63) is 52.3 Å². The van der Waals surface area contributed by atoms with Crippen molar-refractivity contribution in [1.29, 1.82) is 0 Å². The lowest BCUT2D eigenvalue weighted by molar-refractivity contribution is -0.130. The van der Waals surface area contributed by atoms with Gasteiger partial charge in [0.2, 0.25) is 5.91 Å². The normalized spacial score (nSPS) is 10.9. The first kappa shape index (κ1) is 22.3. The van der Waals surface area contributed by atoms with Crippen molar-refractivity contribution in [3.8, 4) is 5.75 Å². The third-order valence-electron chi connectivity index (χ3n) is 5.37. The van der Waals surface area contributed by atoms with Gasteiger partial charge in [-0.1, -0.05) is 19.1 Å². The lowest BCUT2D eigenvalue weighted by Crippen LogP contribution is -2.43. The van der Waals surface area contributed by atoms with E-state index in [1.807, 2.05) is 52.1 Å². The Morgan fingerprint density at radius 2 is 1.71 bits per heavy atom. The van der Waals surface area contributed by atoms with E-state index < -0.39 is 5.91 Å². The zero-order valence-electron chi connectivity index (χ0n) is 18.7. The monoisotopic (exact) mass is 423 g/mol. The van der Waals surface area contributed by atoms with Crippen LogP contribution in [0.15, 0.2) is 24.3 Å². The van der Waals surface area contributed by atoms with E-state index in [2.05, 4.69) is 27.9 Å². The highest BCUT2D eigenvalue weighted by Crippen LogP contribution is 2.25. The molecule has 0 unspecified atom stereocenters. The first-order chi connectivity index (χ1) is 14.8. The summed E-state index contributed by atoms with van der Waals surface area (Å²) in [4.78, 5) is 28.8. The van der Waals surface area contributed by atoms with Crippen molar-refractivity contribution in [2.75, 3.05) is 6.61 Å². The van der Waals surface area contributed by atoms with Crippen LogP contribution in [0.25, 0.3) is 11.0 Å². The molecule has 2 amide bonds. The zero-order chi connectivity index (χ0) is 22.5. The second-order valence-electron chi connectivity index (χ2n) is 7.59. The molecule has 0 aliphatic heterocycles. The molecule has 0 aliphatic rings. The van der Waals surface area contributed by atoms with E-state index in [1.165, 1.54) is 5.56 Å². The third kappa shape index (κ3) is 5.20. The number of pyridine rings is 1. The summed E-state index contributed by atoms with van der Waals surface area (Å²) >= 11 is 0. The molecule has 3 aromatic rings. The van der Waals surface area contributed by atoms with E-state index in [1.54, 1.807) is 4.68 Å². The van der Waals surface area contributed by atoms with Gasteiger partial charge < -0.3 is 4.74 Å². The Bertz CT molecular complexity index is 1100. The molecule has 2 N–H and O–H groups in total. The fourth-order valence-electron chi connectivity index (χ4n) is 3.68. The van der Waals surface area contributed by atoms with Gasteiger partial charge in [0.15, 0.2) is 12.3 Å². The van der Waals surface area contributed by atoms with Crippen LogP contribution in [0.5, 0.6) is 5.75 Å². The topological polar surface area (TPSA) is 98.1 Å². The quantitative estimate of drug-likeness (QED) is 0.569. The minimum absolute atomic E-state index is 0.176. The molecule has 8 heteroatoms. The minimum Gasteiger partial charge on any atom is -0.484 e. The fraction of sp³-hybridized carbons (Fsp3) is 0.391. The number of hydrogen-bond donors (Lipinski definition) is 2. The number of carbonyl (C=O) groups excluding carboxylic acids is 2. The molecule has 2 heterocycles. The molecule has 0 radical (unpaired) electrons. The number of fused-ring (bicyclic) bond motifs is 1. The van der Waals surface area contributed by atoms with Crippen LogP contribution in [-0.2, 0) is 29.5 Å². The van der Waals surface area contributed by atoms with Gasteiger partial charge >= 0.3 is 0 Å². The molecule has 0 aliphatic carbocycles. The minimum atomic E-state index is -0.422. The van der Waals surface area contributed by atoms with Gasteiger partial charge in [-0.2, -0.15) is 5.10 Å². The number of carbonyl (C=O) groups is 2. The fourth-order valence-corrected chi connectivity index (χ4v) is 3.68. The number of ether oxygens (including phenoxy) is 1. The second kappa shape index (κ2) is 9.59. The Hall–Kier alpha value is -3.42. The van der Waals surface area contributed by atoms with Crippen LogP contribution < -0.4 is 15.6 Å². The number of nitrogens with zero attached hydrogens (tertiary/aromatic N) is 3. The van der Waals surface area contributed by atoms with Crippen LogP contribution in [0.2, 0.25) is 0 Å². The number of hydrazine groups is 1. The summed E-state index contributed by atoms with van der Waals surface area (Å²) in [5.74, 6) is -0.0879. The van der Waals surface area contributed by atoms with E-state index >= 15 is 0 Å². The van der Waals surface area contributed by atoms with Crippen molar-refractivity contribution < 1.29 is 14.3 Å². The molecule has 0 saturated carbocycles. The van der Waals surface area contributed by atoms with E-state index in [9.17, 15) is 9.59 Å². The summed E-state index contributed by atoms with van der Waals surface area (Å²) in [6.45, 7) is 7.83. The number of aryl methyl sites for hydroxylation is 5. The predicted molar refractivity (Wildman–Crippen MR) is 119 cm³/mol. The second-order valence-corrected chi connectivity index (χ2v) is 7.59. The molecular weight excluding hydrogens is 394 g/mol. The number of hydrogen-bond acceptors (Lipinski definition) is 5. The molecule has 1 aromatic carbocycles. The average molecular weight is 424 g/mol. The summed E-state index contributed by atoms with van der Waals surface area (Å²) in [5, 5.41) is 5.47. The number of benzene rings is 1. The summed E-state index contributed by atoms with van der Waals surface area (Å²) in [7, 11) is 1.88. The maximum absolute atomic E-state index is 12.2. The molecule has 0 fully saturated rings. The molecule has 8 nitrogen and oxygen atoms in total. The molecule has 0 saturated heterocycles. The van der Waals surface area contributed by atoms with E-state index in [-0.39, 0.29) is 18.9 Å². The zero-order valence-corrected chi connectivity index (χ0v) is 18.7. The first-order valence-corrected chi connectivity index (χ1v) is 10.4. The number of rotatable bonds is 7. The number of nitrogens with one attached hydrogen (secondary N) is 2. The Morgan fingerprint density at radius 1 is 1.03 bits per heavy atom. The van der Waals surface area contributed by atoms with Crippen LogP contribution in [0.4, 0.5) is 0 Å². The van der Waals surface area contributed by atoms with Crippen LogP contribution in [0.3, 0.4) is 0 Å². The summed E-state index contributed by atoms with van der Waals surface area (Å²) in [6.07, 6.45) is 1.70. The predicted octanol–water partition coefficient (Wildman–Crippen LogP) is 2.61. The highest BCUT2D eigenvalue weighted by molar-refractivity contribution is 5.85. The summed E-state index contributed by atoms with van der Waals surface area (Å²) < 4.78 is 7.21. The average Bonchev–Trinajstić information content (AvgIpc) is 3.03. The Kier molecular flexibility index (Phi) is 6.89. The van der Waals surface area contributed by atoms with E-state index in [0.717, 1.165) is 40.0 Å². The Labute approximate surface area is 182 Å².